The zero-order valence-corrected chi connectivity index (χ0v) is 19.8. The minimum atomic E-state index is -0.524. The summed E-state index contributed by atoms with van der Waals surface area (Å²) in [5.41, 5.74) is 2.63. The van der Waals surface area contributed by atoms with E-state index in [1.54, 1.807) is 41.7 Å². The van der Waals surface area contributed by atoms with Crippen LogP contribution in [0.1, 0.15) is 66.3 Å². The molecule has 5 rings (SSSR count). The van der Waals surface area contributed by atoms with E-state index in [0.717, 1.165) is 36.2 Å². The summed E-state index contributed by atoms with van der Waals surface area (Å²) in [6.45, 7) is 6.92. The lowest BCUT2D eigenvalue weighted by atomic mass is 9.69. The minimum Gasteiger partial charge on any atom is -0.457 e. The van der Waals surface area contributed by atoms with E-state index < -0.39 is 11.1 Å². The van der Waals surface area contributed by atoms with Gasteiger partial charge >= 0.3 is 0 Å². The highest BCUT2D eigenvalue weighted by atomic mass is 32.1. The van der Waals surface area contributed by atoms with E-state index in [4.69, 9.17) is 4.42 Å². The van der Waals surface area contributed by atoms with Crippen LogP contribution >= 0.6 is 11.3 Å². The van der Waals surface area contributed by atoms with Crippen LogP contribution in [0.3, 0.4) is 0 Å². The number of anilines is 1. The molecule has 2 aliphatic rings. The molecule has 1 aliphatic heterocycles. The van der Waals surface area contributed by atoms with Gasteiger partial charge in [-0.1, -0.05) is 39.3 Å². The van der Waals surface area contributed by atoms with Crippen molar-refractivity contribution < 1.29 is 14.1 Å². The Bertz CT molecular complexity index is 1240. The number of carbonyl (C=O) groups excluding carboxylic acids is 1. The highest BCUT2D eigenvalue weighted by Gasteiger charge is 2.38. The molecule has 2 N–H and O–H groups in total. The third kappa shape index (κ3) is 3.72. The average Bonchev–Trinajstić information content (AvgIpc) is 3.43. The Balaban J connectivity index is 1.42. The highest BCUT2D eigenvalue weighted by Crippen LogP contribution is 2.47. The Kier molecular flexibility index (Phi) is 5.28. The van der Waals surface area contributed by atoms with Crippen LogP contribution in [0.4, 0.5) is 10.7 Å². The van der Waals surface area contributed by atoms with Crippen molar-refractivity contribution in [3.8, 4) is 11.3 Å². The molecule has 0 spiro atoms. The van der Waals surface area contributed by atoms with Gasteiger partial charge in [-0.3, -0.25) is 14.9 Å². The van der Waals surface area contributed by atoms with E-state index in [2.05, 4.69) is 31.4 Å². The van der Waals surface area contributed by atoms with Crippen LogP contribution in [0.15, 0.2) is 40.8 Å². The molecule has 0 fully saturated rings. The number of benzene rings is 1. The standard InChI is InChI=1S/C25H27N3O4S/c1-4-25(2,3)14-9-10-16-20(13-14)33-24-21(16)23(29)26-22(27-24)19-12-11-18(32-19)15-7-5-6-8-17(15)28(30)31/h5-8,11-12,14,22,27H,4,9-10,13H2,1-3H3,(H,26,29)/t14-,22-/m1/s1. The normalized spacial score (nSPS) is 19.9. The molecule has 0 saturated carbocycles. The summed E-state index contributed by atoms with van der Waals surface area (Å²) < 4.78 is 5.96. The number of carbonyl (C=O) groups is 1. The molecule has 0 saturated heterocycles. The lowest BCUT2D eigenvalue weighted by Crippen LogP contribution is -2.38. The van der Waals surface area contributed by atoms with Gasteiger partial charge in [-0.2, -0.15) is 0 Å². The molecule has 3 heterocycles. The van der Waals surface area contributed by atoms with Crippen LogP contribution in [0, 0.1) is 21.4 Å². The quantitative estimate of drug-likeness (QED) is 0.340. The largest absolute Gasteiger partial charge is 0.457 e. The van der Waals surface area contributed by atoms with E-state index >= 15 is 0 Å². The number of hydrogen-bond donors (Lipinski definition) is 2. The van der Waals surface area contributed by atoms with Gasteiger partial charge in [0, 0.05) is 10.9 Å². The number of nitrogens with zero attached hydrogens (tertiary/aromatic N) is 1. The lowest BCUT2D eigenvalue weighted by molar-refractivity contribution is -0.384. The van der Waals surface area contributed by atoms with Gasteiger partial charge in [-0.25, -0.2) is 0 Å². The summed E-state index contributed by atoms with van der Waals surface area (Å²) in [7, 11) is 0. The molecular weight excluding hydrogens is 438 g/mol. The first-order valence-corrected chi connectivity index (χ1v) is 12.2. The van der Waals surface area contributed by atoms with Crippen molar-refractivity contribution in [2.45, 2.75) is 52.6 Å². The second-order valence-electron chi connectivity index (χ2n) is 9.52. The number of nitro benzene ring substituents is 1. The Labute approximate surface area is 196 Å². The van der Waals surface area contributed by atoms with E-state index in [1.807, 2.05) is 0 Å². The molecule has 8 heteroatoms. The van der Waals surface area contributed by atoms with Gasteiger partial charge in [-0.05, 0) is 54.4 Å². The molecule has 1 aromatic carbocycles. The first-order valence-electron chi connectivity index (χ1n) is 11.3. The number of rotatable bonds is 5. The Morgan fingerprint density at radius 3 is 2.76 bits per heavy atom. The van der Waals surface area contributed by atoms with Crippen molar-refractivity contribution >= 4 is 27.9 Å². The summed E-state index contributed by atoms with van der Waals surface area (Å²) >= 11 is 1.68. The van der Waals surface area contributed by atoms with E-state index in [0.29, 0.717) is 23.0 Å². The van der Waals surface area contributed by atoms with Crippen molar-refractivity contribution in [3.63, 3.8) is 0 Å². The van der Waals surface area contributed by atoms with Crippen molar-refractivity contribution in [1.29, 1.82) is 0 Å². The van der Waals surface area contributed by atoms with Crippen LogP contribution in [-0.2, 0) is 12.8 Å². The lowest BCUT2D eigenvalue weighted by Gasteiger charge is -2.36. The van der Waals surface area contributed by atoms with Crippen LogP contribution < -0.4 is 10.6 Å². The Morgan fingerprint density at radius 2 is 2.00 bits per heavy atom. The SMILES string of the molecule is CCC(C)(C)[C@@H]1CCc2c(sc3c2C(=O)N[C@@H](c2ccc(-c4ccccc4[N+](=O)[O-])o2)N3)C1. The van der Waals surface area contributed by atoms with E-state index in [-0.39, 0.29) is 17.0 Å². The van der Waals surface area contributed by atoms with Gasteiger partial charge < -0.3 is 15.1 Å². The molecule has 2 atom stereocenters. The van der Waals surface area contributed by atoms with Gasteiger partial charge in [0.15, 0.2) is 6.17 Å². The molecule has 7 nitrogen and oxygen atoms in total. The molecule has 3 aromatic rings. The Morgan fingerprint density at radius 1 is 1.21 bits per heavy atom. The second-order valence-corrected chi connectivity index (χ2v) is 10.6. The number of thiophene rings is 1. The van der Waals surface area contributed by atoms with Crippen LogP contribution in [0.5, 0.6) is 0 Å². The first kappa shape index (κ1) is 21.7. The molecule has 1 amide bonds. The molecule has 2 aromatic heterocycles. The smallest absolute Gasteiger partial charge is 0.280 e. The number of hydrogen-bond acceptors (Lipinski definition) is 6. The summed E-state index contributed by atoms with van der Waals surface area (Å²) in [6.07, 6.45) is 3.66. The molecule has 0 bridgehead atoms. The van der Waals surface area contributed by atoms with E-state index in [9.17, 15) is 14.9 Å². The van der Waals surface area contributed by atoms with Crippen molar-refractivity contribution in [2.24, 2.45) is 11.3 Å². The number of nitro groups is 1. The highest BCUT2D eigenvalue weighted by molar-refractivity contribution is 7.16. The Hall–Kier alpha value is -3.13. The number of amides is 1. The summed E-state index contributed by atoms with van der Waals surface area (Å²) in [5.74, 6) is 1.43. The minimum absolute atomic E-state index is 0.0168. The fourth-order valence-electron chi connectivity index (χ4n) is 4.89. The predicted molar refractivity (Wildman–Crippen MR) is 129 cm³/mol. The molecule has 33 heavy (non-hydrogen) atoms. The fraction of sp³-hybridized carbons (Fsp3) is 0.400. The van der Waals surface area contributed by atoms with Gasteiger partial charge in [0.25, 0.3) is 11.6 Å². The molecule has 0 unspecified atom stereocenters. The van der Waals surface area contributed by atoms with Crippen LogP contribution in [0.25, 0.3) is 11.3 Å². The van der Waals surface area contributed by atoms with Crippen molar-refractivity contribution in [2.75, 3.05) is 5.32 Å². The summed E-state index contributed by atoms with van der Waals surface area (Å²) in [5, 5.41) is 18.7. The molecule has 172 valence electrons. The zero-order valence-electron chi connectivity index (χ0n) is 18.9. The maximum absolute atomic E-state index is 13.1. The number of para-hydroxylation sites is 1. The second kappa shape index (κ2) is 8.02. The molecular formula is C25H27N3O4S. The van der Waals surface area contributed by atoms with Crippen LogP contribution in [-0.4, -0.2) is 10.8 Å². The number of nitrogens with one attached hydrogen (secondary N) is 2. The van der Waals surface area contributed by atoms with Gasteiger partial charge in [0.05, 0.1) is 16.1 Å². The first-order chi connectivity index (χ1) is 15.8. The molecule has 0 radical (unpaired) electrons. The fourth-order valence-corrected chi connectivity index (χ4v) is 6.24. The zero-order chi connectivity index (χ0) is 23.3. The van der Waals surface area contributed by atoms with Gasteiger partial charge in [0.1, 0.15) is 16.5 Å². The van der Waals surface area contributed by atoms with Gasteiger partial charge in [-0.15, -0.1) is 11.3 Å². The number of fused-ring (bicyclic) bond motifs is 3. The van der Waals surface area contributed by atoms with Gasteiger partial charge in [0.2, 0.25) is 0 Å². The monoisotopic (exact) mass is 465 g/mol. The predicted octanol–water partition coefficient (Wildman–Crippen LogP) is 6.31. The van der Waals surface area contributed by atoms with E-state index in [1.165, 1.54) is 16.5 Å². The number of furan rings is 1. The van der Waals surface area contributed by atoms with Crippen molar-refractivity contribution in [1.82, 2.24) is 5.32 Å². The third-order valence-electron chi connectivity index (χ3n) is 7.34. The maximum Gasteiger partial charge on any atom is 0.280 e. The van der Waals surface area contributed by atoms with Crippen LogP contribution in [0.2, 0.25) is 0 Å². The third-order valence-corrected chi connectivity index (χ3v) is 8.52. The maximum atomic E-state index is 13.1. The molecule has 1 aliphatic carbocycles. The van der Waals surface area contributed by atoms with Crippen molar-refractivity contribution in [3.05, 3.63) is 68.3 Å². The summed E-state index contributed by atoms with van der Waals surface area (Å²) in [6, 6.07) is 9.93. The topological polar surface area (TPSA) is 97.4 Å². The summed E-state index contributed by atoms with van der Waals surface area (Å²) in [4.78, 5) is 25.3. The average molecular weight is 466 g/mol.